The number of rotatable bonds is 4. The van der Waals surface area contributed by atoms with Crippen LogP contribution in [0.15, 0.2) is 58.5 Å². The summed E-state index contributed by atoms with van der Waals surface area (Å²) in [4.78, 5) is 17.0. The normalized spacial score (nSPS) is 11.2. The molecule has 24 heavy (non-hydrogen) atoms. The molecule has 120 valence electrons. The molecule has 0 fully saturated rings. The molecule has 0 radical (unpaired) electrons. The molecule has 4 rings (SSSR count). The van der Waals surface area contributed by atoms with Gasteiger partial charge in [-0.2, -0.15) is 0 Å². The second-order valence-electron chi connectivity index (χ2n) is 5.34. The number of thioether (sulfide) groups is 1. The topological polar surface area (TPSA) is 63.6 Å². The second kappa shape index (κ2) is 6.43. The first kappa shape index (κ1) is 15.4. The van der Waals surface area contributed by atoms with E-state index in [1.54, 1.807) is 15.3 Å². The molecule has 2 heterocycles. The zero-order valence-electron chi connectivity index (χ0n) is 12.9. The van der Waals surface area contributed by atoms with Gasteiger partial charge in [0.05, 0.1) is 0 Å². The van der Waals surface area contributed by atoms with E-state index >= 15 is 0 Å². The quantitative estimate of drug-likeness (QED) is 0.422. The van der Waals surface area contributed by atoms with E-state index in [9.17, 15) is 4.79 Å². The van der Waals surface area contributed by atoms with Gasteiger partial charge < -0.3 is 0 Å². The van der Waals surface area contributed by atoms with Crippen molar-refractivity contribution in [1.29, 1.82) is 0 Å². The van der Waals surface area contributed by atoms with Gasteiger partial charge in [-0.05, 0) is 0 Å². The molecule has 7 heteroatoms. The first-order chi connectivity index (χ1) is 11.7. The van der Waals surface area contributed by atoms with Gasteiger partial charge in [0.1, 0.15) is 0 Å². The summed E-state index contributed by atoms with van der Waals surface area (Å²) < 4.78 is 2.78. The van der Waals surface area contributed by atoms with Crippen LogP contribution in [0.5, 0.6) is 0 Å². The van der Waals surface area contributed by atoms with E-state index in [2.05, 4.69) is 34.2 Å². The molecule has 4 aromatic rings. The average Bonchev–Trinajstić information content (AvgIpc) is 3.19. The Morgan fingerprint density at radius 3 is 2.79 bits per heavy atom. The van der Waals surface area contributed by atoms with Crippen molar-refractivity contribution in [2.24, 2.45) is 0 Å². The van der Waals surface area contributed by atoms with Gasteiger partial charge >= 0.3 is 149 Å². The first-order valence-corrected chi connectivity index (χ1v) is 10.0. The fourth-order valence-electron chi connectivity index (χ4n) is 2.42. The van der Waals surface area contributed by atoms with Crippen molar-refractivity contribution in [2.75, 3.05) is 0 Å². The molecule has 0 amide bonds. The summed E-state index contributed by atoms with van der Waals surface area (Å²) in [5.41, 5.74) is 2.52. The van der Waals surface area contributed by atoms with Gasteiger partial charge in [-0.1, -0.05) is 0 Å². The van der Waals surface area contributed by atoms with Gasteiger partial charge in [-0.15, -0.1) is 0 Å². The van der Waals surface area contributed by atoms with Crippen LogP contribution in [0.1, 0.15) is 11.1 Å². The number of aromatic amines is 1. The third kappa shape index (κ3) is 2.86. The molecule has 0 aliphatic carbocycles. The number of H-pyrrole nitrogens is 1. The Morgan fingerprint density at radius 2 is 1.96 bits per heavy atom. The average molecular weight is 401 g/mol. The van der Waals surface area contributed by atoms with Crippen LogP contribution in [-0.4, -0.2) is 33.5 Å². The van der Waals surface area contributed by atoms with Crippen molar-refractivity contribution in [3.8, 4) is 5.95 Å². The predicted molar refractivity (Wildman–Crippen MR) is 97.2 cm³/mol. The predicted octanol–water partition coefficient (Wildman–Crippen LogP) is 2.77. The van der Waals surface area contributed by atoms with E-state index in [4.69, 9.17) is 0 Å². The minimum absolute atomic E-state index is 0.00259. The van der Waals surface area contributed by atoms with E-state index in [1.807, 2.05) is 36.4 Å². The van der Waals surface area contributed by atoms with Crippen molar-refractivity contribution in [3.05, 3.63) is 70.0 Å². The zero-order chi connectivity index (χ0) is 16.5. The second-order valence-corrected chi connectivity index (χ2v) is 8.36. The summed E-state index contributed by atoms with van der Waals surface area (Å²) >= 11 is 1.48. The van der Waals surface area contributed by atoms with Crippen molar-refractivity contribution >= 4 is 36.1 Å². The number of hydrogen-bond donors (Lipinski definition) is 1. The van der Waals surface area contributed by atoms with Gasteiger partial charge in [0.25, 0.3) is 0 Å². The molecule has 5 nitrogen and oxygen atoms in total. The molecule has 2 aromatic heterocycles. The molecule has 0 bridgehead atoms. The Balaban J connectivity index is 1.59. The van der Waals surface area contributed by atoms with Gasteiger partial charge in [-0.25, -0.2) is 0 Å². The Kier molecular flexibility index (Phi) is 4.14. The van der Waals surface area contributed by atoms with Crippen LogP contribution in [0.4, 0.5) is 0 Å². The van der Waals surface area contributed by atoms with Crippen molar-refractivity contribution in [1.82, 2.24) is 18.7 Å². The van der Waals surface area contributed by atoms with Crippen LogP contribution >= 0.6 is 11.8 Å². The van der Waals surface area contributed by atoms with E-state index in [0.29, 0.717) is 11.1 Å². The molecule has 0 atom stereocenters. The minimum atomic E-state index is -0.0921. The van der Waals surface area contributed by atoms with E-state index in [0.717, 1.165) is 15.4 Å². The SMILES string of the molecule is Cc1ccccc1CSc1n[nH]c(-n2[se]c3ccccc3c2=O)n1. The van der Waals surface area contributed by atoms with Gasteiger partial charge in [0.2, 0.25) is 0 Å². The third-order valence-electron chi connectivity index (χ3n) is 3.76. The molecule has 0 aliphatic rings. The van der Waals surface area contributed by atoms with Crippen molar-refractivity contribution in [2.45, 2.75) is 17.8 Å². The summed E-state index contributed by atoms with van der Waals surface area (Å²) in [7, 11) is 0. The Hall–Kier alpha value is -2.08. The molecular weight excluding hydrogens is 387 g/mol. The Labute approximate surface area is 148 Å². The number of hydrogen-bond acceptors (Lipinski definition) is 4. The van der Waals surface area contributed by atoms with E-state index in [-0.39, 0.29) is 20.3 Å². The number of benzene rings is 2. The molecule has 1 N–H and O–H groups in total. The Bertz CT molecular complexity index is 1070. The van der Waals surface area contributed by atoms with Crippen LogP contribution in [0.3, 0.4) is 0 Å². The Morgan fingerprint density at radius 1 is 1.17 bits per heavy atom. The molecule has 0 unspecified atom stereocenters. The molecule has 0 saturated heterocycles. The number of aromatic nitrogens is 4. The molecule has 0 saturated carbocycles. The van der Waals surface area contributed by atoms with Gasteiger partial charge in [0.15, 0.2) is 0 Å². The number of fused-ring (bicyclic) bond motifs is 1. The zero-order valence-corrected chi connectivity index (χ0v) is 15.4. The van der Waals surface area contributed by atoms with Crippen LogP contribution < -0.4 is 5.56 Å². The fraction of sp³-hybridized carbons (Fsp3) is 0.118. The fourth-order valence-corrected chi connectivity index (χ4v) is 5.26. The third-order valence-corrected chi connectivity index (χ3v) is 6.90. The number of aryl methyl sites for hydroxylation is 1. The summed E-state index contributed by atoms with van der Waals surface area (Å²) in [5, 5.41) is 8.58. The summed E-state index contributed by atoms with van der Waals surface area (Å²) in [5.74, 6) is 1.34. The van der Waals surface area contributed by atoms with E-state index < -0.39 is 0 Å². The van der Waals surface area contributed by atoms with Gasteiger partial charge in [0, 0.05) is 0 Å². The molecular formula is C17H14N4OSSe. The monoisotopic (exact) mass is 402 g/mol. The van der Waals surface area contributed by atoms with Crippen molar-refractivity contribution < 1.29 is 0 Å². The number of nitrogens with zero attached hydrogens (tertiary/aromatic N) is 3. The summed E-state index contributed by atoms with van der Waals surface area (Å²) in [6.45, 7) is 2.10. The standard InChI is InChI=1S/C17H14N4OSSe/c1-11-6-2-3-7-12(11)10-23-17-18-16(19-20-17)21-15(22)13-8-4-5-9-14(13)24-21/h2-9H,10H2,1H3,(H,18,19,20). The van der Waals surface area contributed by atoms with Crippen LogP contribution in [0, 0.1) is 6.92 Å². The summed E-state index contributed by atoms with van der Waals surface area (Å²) in [6.07, 6.45) is 0. The van der Waals surface area contributed by atoms with Crippen LogP contribution in [-0.2, 0) is 5.75 Å². The number of nitrogens with one attached hydrogen (secondary N) is 1. The van der Waals surface area contributed by atoms with Gasteiger partial charge in [-0.3, -0.25) is 0 Å². The first-order valence-electron chi connectivity index (χ1n) is 7.43. The summed E-state index contributed by atoms with van der Waals surface area (Å²) in [6, 6.07) is 16.0. The van der Waals surface area contributed by atoms with Crippen LogP contribution in [0.25, 0.3) is 15.6 Å². The van der Waals surface area contributed by atoms with E-state index in [1.165, 1.54) is 11.1 Å². The maximum atomic E-state index is 12.5. The van der Waals surface area contributed by atoms with Crippen molar-refractivity contribution in [3.63, 3.8) is 0 Å². The maximum absolute atomic E-state index is 12.5. The van der Waals surface area contributed by atoms with Crippen LogP contribution in [0.2, 0.25) is 0 Å². The molecule has 2 aromatic carbocycles. The molecule has 0 aliphatic heterocycles. The molecule has 0 spiro atoms.